The summed E-state index contributed by atoms with van der Waals surface area (Å²) in [5, 5.41) is 0. The maximum absolute atomic E-state index is 9.95. The first-order valence-corrected chi connectivity index (χ1v) is 5.66. The van der Waals surface area contributed by atoms with E-state index in [-0.39, 0.29) is 12.4 Å². The number of halogens is 1. The average molecular weight is 271 g/mol. The predicted molar refractivity (Wildman–Crippen MR) is 66.9 cm³/mol. The maximum Gasteiger partial charge on any atom is 0.122 e. The van der Waals surface area contributed by atoms with E-state index in [9.17, 15) is 4.79 Å². The molecule has 0 aliphatic carbocycles. The van der Waals surface area contributed by atoms with Gasteiger partial charge in [0.2, 0.25) is 0 Å². The zero-order valence-corrected chi connectivity index (χ0v) is 11.2. The smallest absolute Gasteiger partial charge is 0.122 e. The Morgan fingerprint density at radius 1 is 0.765 bits per heavy atom. The number of hydrogen-bond acceptors (Lipinski definition) is 5. The van der Waals surface area contributed by atoms with Crippen LogP contribution in [0.15, 0.2) is 0 Å². The second kappa shape index (κ2) is 18.2. The first kappa shape index (κ1) is 19.1. The van der Waals surface area contributed by atoms with Crippen LogP contribution in [0.3, 0.4) is 0 Å². The van der Waals surface area contributed by atoms with Crippen molar-refractivity contribution in [3.8, 4) is 0 Å². The van der Waals surface area contributed by atoms with Gasteiger partial charge in [0.1, 0.15) is 6.29 Å². The van der Waals surface area contributed by atoms with Gasteiger partial charge in [-0.25, -0.2) is 0 Å². The Labute approximate surface area is 109 Å². The molecule has 0 unspecified atom stereocenters. The molecule has 0 atom stereocenters. The van der Waals surface area contributed by atoms with E-state index in [4.69, 9.17) is 18.9 Å². The number of hydrogen-bond donors (Lipinski definition) is 0. The molecule has 0 aromatic heterocycles. The minimum absolute atomic E-state index is 0. The third-order valence-corrected chi connectivity index (χ3v) is 1.70. The highest BCUT2D eigenvalue weighted by molar-refractivity contribution is 5.85. The quantitative estimate of drug-likeness (QED) is 0.370. The Morgan fingerprint density at radius 2 is 1.18 bits per heavy atom. The van der Waals surface area contributed by atoms with E-state index < -0.39 is 0 Å². The van der Waals surface area contributed by atoms with Gasteiger partial charge in [0.25, 0.3) is 0 Å². The van der Waals surface area contributed by atoms with Crippen molar-refractivity contribution in [2.24, 2.45) is 0 Å². The second-order valence-electron chi connectivity index (χ2n) is 2.99. The molecule has 0 aromatic carbocycles. The largest absolute Gasteiger partial charge is 0.379 e. The lowest BCUT2D eigenvalue weighted by atomic mass is 10.5. The van der Waals surface area contributed by atoms with Gasteiger partial charge >= 0.3 is 0 Å². The molecule has 5 nitrogen and oxygen atoms in total. The van der Waals surface area contributed by atoms with Crippen LogP contribution in [0, 0.1) is 0 Å². The lowest BCUT2D eigenvalue weighted by Crippen LogP contribution is -2.12. The fourth-order valence-electron chi connectivity index (χ4n) is 0.936. The lowest BCUT2D eigenvalue weighted by Gasteiger charge is -2.06. The van der Waals surface area contributed by atoms with Crippen molar-refractivity contribution >= 4 is 18.7 Å². The van der Waals surface area contributed by atoms with E-state index in [0.29, 0.717) is 52.7 Å². The molecule has 104 valence electrons. The topological polar surface area (TPSA) is 54.0 Å². The third kappa shape index (κ3) is 18.4. The summed E-state index contributed by atoms with van der Waals surface area (Å²) in [6.45, 7) is 6.56. The van der Waals surface area contributed by atoms with Crippen molar-refractivity contribution in [3.63, 3.8) is 0 Å². The van der Waals surface area contributed by atoms with Crippen LogP contribution in [-0.4, -0.2) is 59.1 Å². The standard InChI is InChI=1S/C11H22O5.ClH/c1-2-13-6-7-15-10-11-16-9-8-14-5-3-4-12;/h4H,2-3,5-11H2,1H3;1H. The summed E-state index contributed by atoms with van der Waals surface area (Å²) in [6.07, 6.45) is 1.29. The van der Waals surface area contributed by atoms with Gasteiger partial charge in [-0.3, -0.25) is 0 Å². The van der Waals surface area contributed by atoms with Crippen LogP contribution < -0.4 is 0 Å². The molecule has 0 bridgehead atoms. The predicted octanol–water partition coefficient (Wildman–Crippen LogP) is 1.08. The number of ether oxygens (including phenoxy) is 4. The molecule has 0 rings (SSSR count). The van der Waals surface area contributed by atoms with Crippen LogP contribution >= 0.6 is 12.4 Å². The zero-order valence-electron chi connectivity index (χ0n) is 10.4. The summed E-state index contributed by atoms with van der Waals surface area (Å²) in [5.41, 5.74) is 0. The number of carbonyl (C=O) groups excluding carboxylic acids is 1. The second-order valence-corrected chi connectivity index (χ2v) is 2.99. The number of carbonyl (C=O) groups is 1. The minimum atomic E-state index is 0. The molecule has 0 aliphatic rings. The molecule has 17 heavy (non-hydrogen) atoms. The molecule has 0 radical (unpaired) electrons. The molecule has 0 aromatic rings. The van der Waals surface area contributed by atoms with Gasteiger partial charge in [0, 0.05) is 13.0 Å². The van der Waals surface area contributed by atoms with Gasteiger partial charge in [0.05, 0.1) is 46.2 Å². The summed E-state index contributed by atoms with van der Waals surface area (Å²) in [6, 6.07) is 0. The lowest BCUT2D eigenvalue weighted by molar-refractivity contribution is -0.108. The Balaban J connectivity index is 0. The fourth-order valence-corrected chi connectivity index (χ4v) is 0.936. The van der Waals surface area contributed by atoms with Crippen LogP contribution in [0.1, 0.15) is 13.3 Å². The minimum Gasteiger partial charge on any atom is -0.379 e. The molecular formula is C11H23ClO5. The van der Waals surface area contributed by atoms with E-state index >= 15 is 0 Å². The highest BCUT2D eigenvalue weighted by Gasteiger charge is 1.91. The Morgan fingerprint density at radius 3 is 1.59 bits per heavy atom. The van der Waals surface area contributed by atoms with Crippen LogP contribution in [0.2, 0.25) is 0 Å². The van der Waals surface area contributed by atoms with Gasteiger partial charge in [0.15, 0.2) is 0 Å². The summed E-state index contributed by atoms with van der Waals surface area (Å²) < 4.78 is 20.7. The average Bonchev–Trinajstić information content (AvgIpc) is 2.31. The molecule has 0 N–H and O–H groups in total. The van der Waals surface area contributed by atoms with Gasteiger partial charge in [-0.05, 0) is 6.92 Å². The Hall–Kier alpha value is -0.200. The van der Waals surface area contributed by atoms with E-state index in [1.807, 2.05) is 6.92 Å². The van der Waals surface area contributed by atoms with E-state index in [2.05, 4.69) is 0 Å². The summed E-state index contributed by atoms with van der Waals surface area (Å²) in [5.74, 6) is 0. The summed E-state index contributed by atoms with van der Waals surface area (Å²) in [4.78, 5) is 9.95. The molecule has 0 amide bonds. The molecule has 0 heterocycles. The molecule has 0 saturated heterocycles. The van der Waals surface area contributed by atoms with Crippen molar-refractivity contribution in [2.75, 3.05) is 52.9 Å². The molecule has 0 aliphatic heterocycles. The normalized spacial score (nSPS) is 9.94. The van der Waals surface area contributed by atoms with E-state index in [1.54, 1.807) is 0 Å². The highest BCUT2D eigenvalue weighted by atomic mass is 35.5. The van der Waals surface area contributed by atoms with Crippen molar-refractivity contribution in [3.05, 3.63) is 0 Å². The van der Waals surface area contributed by atoms with Gasteiger partial charge in [-0.1, -0.05) is 0 Å². The Kier molecular flexibility index (Phi) is 20.5. The van der Waals surface area contributed by atoms with Crippen molar-refractivity contribution < 1.29 is 23.7 Å². The first-order chi connectivity index (χ1) is 7.91. The van der Waals surface area contributed by atoms with E-state index in [0.717, 1.165) is 12.9 Å². The SMILES string of the molecule is CCOCCOCCOCCOCCC=O.Cl. The van der Waals surface area contributed by atoms with Crippen LogP contribution in [-0.2, 0) is 23.7 Å². The van der Waals surface area contributed by atoms with Crippen molar-refractivity contribution in [1.29, 1.82) is 0 Å². The molecule has 6 heteroatoms. The molecular weight excluding hydrogens is 248 g/mol. The van der Waals surface area contributed by atoms with Gasteiger partial charge < -0.3 is 23.7 Å². The Bertz CT molecular complexity index is 146. The van der Waals surface area contributed by atoms with Gasteiger partial charge in [-0.15, -0.1) is 12.4 Å². The highest BCUT2D eigenvalue weighted by Crippen LogP contribution is 1.83. The van der Waals surface area contributed by atoms with Crippen LogP contribution in [0.5, 0.6) is 0 Å². The van der Waals surface area contributed by atoms with Crippen molar-refractivity contribution in [1.82, 2.24) is 0 Å². The fraction of sp³-hybridized carbons (Fsp3) is 0.909. The van der Waals surface area contributed by atoms with Crippen LogP contribution in [0.4, 0.5) is 0 Å². The van der Waals surface area contributed by atoms with Crippen LogP contribution in [0.25, 0.3) is 0 Å². The van der Waals surface area contributed by atoms with E-state index in [1.165, 1.54) is 0 Å². The number of rotatable bonds is 13. The first-order valence-electron chi connectivity index (χ1n) is 5.66. The van der Waals surface area contributed by atoms with Crippen molar-refractivity contribution in [2.45, 2.75) is 13.3 Å². The maximum atomic E-state index is 9.95. The molecule has 0 fully saturated rings. The third-order valence-electron chi connectivity index (χ3n) is 1.70. The number of aldehydes is 1. The summed E-state index contributed by atoms with van der Waals surface area (Å²) >= 11 is 0. The molecule has 0 spiro atoms. The van der Waals surface area contributed by atoms with Gasteiger partial charge in [-0.2, -0.15) is 0 Å². The zero-order chi connectivity index (χ0) is 11.9. The summed E-state index contributed by atoms with van der Waals surface area (Å²) in [7, 11) is 0. The molecule has 0 saturated carbocycles. The monoisotopic (exact) mass is 270 g/mol.